The third-order valence-corrected chi connectivity index (χ3v) is 14.3. The number of benzene rings is 3. The van der Waals surface area contributed by atoms with E-state index in [0.29, 0.717) is 57.9 Å². The Hall–Kier alpha value is -0.423. The van der Waals surface area contributed by atoms with E-state index in [-0.39, 0.29) is 58.1 Å². The van der Waals surface area contributed by atoms with Crippen molar-refractivity contribution in [1.82, 2.24) is 0 Å². The summed E-state index contributed by atoms with van der Waals surface area (Å²) in [6, 6.07) is 3.69. The predicted molar refractivity (Wildman–Crippen MR) is 195 cm³/mol. The van der Waals surface area contributed by atoms with E-state index in [4.69, 9.17) is 68.8 Å². The molecule has 0 atom stereocenters. The molecular weight excluding hydrogens is 966 g/mol. The summed E-state index contributed by atoms with van der Waals surface area (Å²) in [7, 11) is -2.89. The summed E-state index contributed by atoms with van der Waals surface area (Å²) in [5.41, 5.74) is -0.243. The fourth-order valence-electron chi connectivity index (χ4n) is 4.91. The molecule has 0 saturated heterocycles. The normalized spacial score (nSPS) is 12.0. The Morgan fingerprint density at radius 2 is 1.43 bits per heavy atom. The van der Waals surface area contributed by atoms with E-state index < -0.39 is 25.8 Å². The quantitative estimate of drug-likeness (QED) is 0.0429. The van der Waals surface area contributed by atoms with Crippen LogP contribution in [0, 0.1) is 0 Å². The maximum absolute atomic E-state index is 12.9. The van der Waals surface area contributed by atoms with Crippen molar-refractivity contribution in [3.8, 4) is 28.2 Å². The fraction of sp³-hybridized carbons (Fsp3) is 0.310. The lowest BCUT2D eigenvalue weighted by atomic mass is 9.90. The third-order valence-electron chi connectivity index (χ3n) is 6.69. The van der Waals surface area contributed by atoms with Crippen LogP contribution < -0.4 is 15.3 Å². The van der Waals surface area contributed by atoms with Crippen molar-refractivity contribution in [3.05, 3.63) is 65.9 Å². The first kappa shape index (κ1) is 38.4. The molecule has 1 heterocycles. The monoisotopic (exact) mass is 983 g/mol. The highest BCUT2D eigenvalue weighted by molar-refractivity contribution is 9.11. The Balaban J connectivity index is 1.95. The van der Waals surface area contributed by atoms with Gasteiger partial charge in [0.25, 0.3) is 0 Å². The zero-order chi connectivity index (χ0) is 34.1. The molecule has 0 radical (unpaired) electrons. The Bertz CT molecular complexity index is 1840. The van der Waals surface area contributed by atoms with Crippen LogP contribution in [0.5, 0.6) is 5.75 Å². The molecule has 0 saturated carbocycles. The summed E-state index contributed by atoms with van der Waals surface area (Å²) < 4.78 is 31.4. The van der Waals surface area contributed by atoms with Gasteiger partial charge in [-0.05, 0) is 103 Å². The molecule has 0 unspecified atom stereocenters. The molecule has 0 N–H and O–H groups in total. The fourth-order valence-corrected chi connectivity index (χ4v) is 11.1. The molecule has 0 aromatic heterocycles. The van der Waals surface area contributed by atoms with Crippen molar-refractivity contribution in [3.63, 3.8) is 0 Å². The molecule has 248 valence electrons. The summed E-state index contributed by atoms with van der Waals surface area (Å²) in [5, 5.41) is 11.9. The predicted octanol–water partition coefficient (Wildman–Crippen LogP) is 10.4. The molecule has 2 aromatic carbocycles. The average Bonchev–Trinajstić information content (AvgIpc) is 3.00. The number of aromatic carboxylic acids is 1. The molecule has 2 aliphatic rings. The Labute approximate surface area is 319 Å². The van der Waals surface area contributed by atoms with Crippen molar-refractivity contribution in [2.24, 2.45) is 0 Å². The van der Waals surface area contributed by atoms with Gasteiger partial charge in [0.05, 0.1) is 41.6 Å². The number of rotatable bonds is 13. The van der Waals surface area contributed by atoms with Gasteiger partial charge in [-0.1, -0.05) is 46.4 Å². The van der Waals surface area contributed by atoms with Gasteiger partial charge in [-0.15, -0.1) is 0 Å². The van der Waals surface area contributed by atoms with Crippen molar-refractivity contribution in [1.29, 1.82) is 0 Å². The van der Waals surface area contributed by atoms with Crippen LogP contribution in [0.3, 0.4) is 0 Å². The van der Waals surface area contributed by atoms with E-state index in [1.54, 1.807) is 6.07 Å². The molecule has 1 aliphatic heterocycles. The van der Waals surface area contributed by atoms with Crippen LogP contribution in [-0.4, -0.2) is 41.2 Å². The average molecular weight is 989 g/mol. The van der Waals surface area contributed by atoms with Crippen molar-refractivity contribution < 1.29 is 32.3 Å². The molecule has 1 aliphatic carbocycles. The molecule has 2 aromatic rings. The summed E-state index contributed by atoms with van der Waals surface area (Å²) in [4.78, 5) is 25.5. The van der Waals surface area contributed by atoms with Crippen molar-refractivity contribution >= 4 is 136 Å². The van der Waals surface area contributed by atoms with Crippen LogP contribution in [0.4, 0.5) is 0 Å². The van der Waals surface area contributed by atoms with E-state index in [2.05, 4.69) is 63.7 Å². The molecule has 0 fully saturated rings. The van der Waals surface area contributed by atoms with Crippen molar-refractivity contribution in [2.45, 2.75) is 33.2 Å². The van der Waals surface area contributed by atoms with E-state index in [0.717, 1.165) is 0 Å². The van der Waals surface area contributed by atoms with Gasteiger partial charge >= 0.3 is 8.80 Å². The highest BCUT2D eigenvalue weighted by atomic mass is 79.9. The topological polar surface area (TPSA) is 107 Å². The first-order valence-electron chi connectivity index (χ1n) is 13.6. The Morgan fingerprint density at radius 3 is 2.00 bits per heavy atom. The minimum atomic E-state index is -2.89. The summed E-state index contributed by atoms with van der Waals surface area (Å²) in [5.74, 6) is -1.18. The van der Waals surface area contributed by atoms with Gasteiger partial charge in [-0.25, -0.2) is 0 Å². The van der Waals surface area contributed by atoms with Gasteiger partial charge in [0.1, 0.15) is 8.95 Å². The lowest BCUT2D eigenvalue weighted by Crippen LogP contribution is -2.46. The molecule has 0 bridgehead atoms. The number of carbonyl (C=O) groups excluding carboxylic acids is 1. The standard InChI is InChI=1S/C29H24Br4Cl4O8Si/c1-4-42-46(43-5-2,44-6-3)9-7-8-41-28-15(31)11-13-16(17-18(29(39)40)22(35)24(37)23(36)21(17)34)12-10-14(30)25(38)19(32)26(12)45-27(13)20(28)33/h10-11H,4-9H2,1-3H3,(H,39,40)/p-1. The second-order valence-corrected chi connectivity index (χ2v) is 17.0. The molecular formula is C29H23Br4Cl4O8Si-. The van der Waals surface area contributed by atoms with Crippen LogP contribution in [0.25, 0.3) is 33.4 Å². The first-order valence-corrected chi connectivity index (χ1v) is 20.2. The highest BCUT2D eigenvalue weighted by Gasteiger charge is 2.40. The Morgan fingerprint density at radius 1 is 0.848 bits per heavy atom. The number of carbonyl (C=O) groups is 1. The van der Waals surface area contributed by atoms with E-state index in [1.807, 2.05) is 20.8 Å². The van der Waals surface area contributed by atoms with Gasteiger partial charge in [-0.2, -0.15) is 0 Å². The van der Waals surface area contributed by atoms with Crippen LogP contribution in [0.2, 0.25) is 26.1 Å². The maximum atomic E-state index is 12.9. The number of carboxylic acid groups (broad SMARTS) is 1. The molecule has 46 heavy (non-hydrogen) atoms. The number of carboxylic acids is 1. The third kappa shape index (κ3) is 7.36. The number of ether oxygens (including phenoxy) is 1. The molecule has 8 nitrogen and oxygen atoms in total. The van der Waals surface area contributed by atoms with Gasteiger partial charge in [0, 0.05) is 53.5 Å². The van der Waals surface area contributed by atoms with Crippen LogP contribution in [-0.2, 0) is 13.3 Å². The zero-order valence-electron chi connectivity index (χ0n) is 24.2. The maximum Gasteiger partial charge on any atom is 0.501 e. The number of halogens is 8. The minimum Gasteiger partial charge on any atom is -0.545 e. The van der Waals surface area contributed by atoms with Gasteiger partial charge in [0.15, 0.2) is 17.1 Å². The van der Waals surface area contributed by atoms with Crippen molar-refractivity contribution in [2.75, 3.05) is 26.4 Å². The lowest BCUT2D eigenvalue weighted by Gasteiger charge is -2.28. The number of hydrogen-bond donors (Lipinski definition) is 0. The summed E-state index contributed by atoms with van der Waals surface area (Å²) in [6.07, 6.45) is 0.550. The van der Waals surface area contributed by atoms with Gasteiger partial charge in [0.2, 0.25) is 5.43 Å². The molecule has 0 spiro atoms. The van der Waals surface area contributed by atoms with Gasteiger partial charge in [-0.3, -0.25) is 4.79 Å². The largest absolute Gasteiger partial charge is 0.545 e. The molecule has 4 rings (SSSR count). The lowest BCUT2D eigenvalue weighted by molar-refractivity contribution is -0.254. The number of fused-ring (bicyclic) bond motifs is 2. The Kier molecular flexibility index (Phi) is 13.4. The SMILES string of the molecule is CCO[Si](CCCOc1c(Br)cc2c(-c3c(Cl)c(Cl)c(Cl)c(Cl)c3C(=O)[O-])c3cc(Br)c(=O)c(Br)c-3oc2c1Br)(OCC)OCC. The number of hydrogen-bond acceptors (Lipinski definition) is 8. The van der Waals surface area contributed by atoms with Crippen LogP contribution >= 0.6 is 110 Å². The summed E-state index contributed by atoms with van der Waals surface area (Å²) in [6.45, 7) is 7.30. The smallest absolute Gasteiger partial charge is 0.501 e. The summed E-state index contributed by atoms with van der Waals surface area (Å²) >= 11 is 39.6. The van der Waals surface area contributed by atoms with E-state index in [1.165, 1.54) is 6.07 Å². The van der Waals surface area contributed by atoms with Crippen LogP contribution in [0.15, 0.2) is 39.2 Å². The first-order chi connectivity index (χ1) is 21.7. The second kappa shape index (κ2) is 16.1. The van der Waals surface area contributed by atoms with E-state index in [9.17, 15) is 14.7 Å². The minimum absolute atomic E-state index is 0.0682. The van der Waals surface area contributed by atoms with Crippen LogP contribution in [0.1, 0.15) is 37.6 Å². The molecule has 0 amide bonds. The second-order valence-electron chi connectivity index (χ2n) is 9.46. The molecule has 17 heteroatoms. The van der Waals surface area contributed by atoms with E-state index >= 15 is 0 Å². The highest BCUT2D eigenvalue weighted by Crippen LogP contribution is 2.54. The van der Waals surface area contributed by atoms with Gasteiger partial charge < -0.3 is 32.3 Å². The zero-order valence-corrected chi connectivity index (χ0v) is 34.6.